The van der Waals surface area contributed by atoms with Crippen LogP contribution in [0.1, 0.15) is 24.5 Å². The molecule has 26 heavy (non-hydrogen) atoms. The molecule has 0 aromatic heterocycles. The van der Waals surface area contributed by atoms with Crippen LogP contribution >= 0.6 is 0 Å². The van der Waals surface area contributed by atoms with Gasteiger partial charge in [0.2, 0.25) is 0 Å². The van der Waals surface area contributed by atoms with Gasteiger partial charge in [-0.05, 0) is 37.6 Å². The first kappa shape index (κ1) is 20.5. The van der Waals surface area contributed by atoms with Crippen molar-refractivity contribution in [2.75, 3.05) is 45.9 Å². The van der Waals surface area contributed by atoms with Crippen LogP contribution in [0.5, 0.6) is 0 Å². The highest BCUT2D eigenvalue weighted by atomic mass is 19.4. The SMILES string of the molecule is CCNC(=NCc1cccc(C(F)(F)F)c1)NCCCN1CCOCC1. The smallest absolute Gasteiger partial charge is 0.379 e. The Balaban J connectivity index is 1.82. The minimum Gasteiger partial charge on any atom is -0.379 e. The van der Waals surface area contributed by atoms with Crippen LogP contribution in [0, 0.1) is 0 Å². The number of alkyl halides is 3. The molecule has 1 saturated heterocycles. The fourth-order valence-electron chi connectivity index (χ4n) is 2.69. The second-order valence-electron chi connectivity index (χ2n) is 6.13. The fraction of sp³-hybridized carbons (Fsp3) is 0.611. The van der Waals surface area contributed by atoms with Gasteiger partial charge >= 0.3 is 6.18 Å². The molecule has 1 aliphatic heterocycles. The van der Waals surface area contributed by atoms with Crippen LogP contribution in [0.2, 0.25) is 0 Å². The Labute approximate surface area is 152 Å². The summed E-state index contributed by atoms with van der Waals surface area (Å²) in [7, 11) is 0. The van der Waals surface area contributed by atoms with Gasteiger partial charge in [-0.15, -0.1) is 0 Å². The van der Waals surface area contributed by atoms with Gasteiger partial charge in [-0.1, -0.05) is 12.1 Å². The molecule has 0 bridgehead atoms. The van der Waals surface area contributed by atoms with Gasteiger partial charge in [0.1, 0.15) is 0 Å². The van der Waals surface area contributed by atoms with Gasteiger partial charge in [0, 0.05) is 26.2 Å². The van der Waals surface area contributed by atoms with Gasteiger partial charge in [0.05, 0.1) is 25.3 Å². The van der Waals surface area contributed by atoms with E-state index in [-0.39, 0.29) is 6.54 Å². The van der Waals surface area contributed by atoms with Crippen molar-refractivity contribution in [3.8, 4) is 0 Å². The Bertz CT molecular complexity index is 572. The number of guanidine groups is 1. The third-order valence-electron chi connectivity index (χ3n) is 4.07. The summed E-state index contributed by atoms with van der Waals surface area (Å²) in [6, 6.07) is 5.28. The van der Waals surface area contributed by atoms with E-state index in [2.05, 4.69) is 20.5 Å². The molecule has 5 nitrogen and oxygen atoms in total. The van der Waals surface area contributed by atoms with Gasteiger partial charge in [0.25, 0.3) is 0 Å². The lowest BCUT2D eigenvalue weighted by molar-refractivity contribution is -0.137. The zero-order valence-corrected chi connectivity index (χ0v) is 15.1. The summed E-state index contributed by atoms with van der Waals surface area (Å²) in [5.74, 6) is 0.617. The number of morpholine rings is 1. The van der Waals surface area contributed by atoms with E-state index in [1.54, 1.807) is 6.07 Å². The lowest BCUT2D eigenvalue weighted by Gasteiger charge is -2.26. The number of hydrogen-bond acceptors (Lipinski definition) is 3. The molecule has 0 atom stereocenters. The topological polar surface area (TPSA) is 48.9 Å². The third kappa shape index (κ3) is 7.21. The number of aliphatic imine (C=N–C) groups is 1. The molecular formula is C18H27F3N4O. The molecule has 1 aromatic rings. The molecule has 0 amide bonds. The first-order valence-electron chi connectivity index (χ1n) is 8.97. The molecule has 0 radical (unpaired) electrons. The zero-order chi connectivity index (χ0) is 18.8. The molecule has 2 N–H and O–H groups in total. The summed E-state index contributed by atoms with van der Waals surface area (Å²) in [6.07, 6.45) is -3.37. The van der Waals surface area contributed by atoms with Crippen LogP contribution in [0.15, 0.2) is 29.3 Å². The molecule has 1 aliphatic rings. The molecule has 0 spiro atoms. The average Bonchev–Trinajstić information content (AvgIpc) is 2.63. The normalized spacial score (nSPS) is 16.5. The van der Waals surface area contributed by atoms with E-state index in [1.807, 2.05) is 6.92 Å². The maximum atomic E-state index is 12.8. The van der Waals surface area contributed by atoms with Crippen LogP contribution in [0.25, 0.3) is 0 Å². The van der Waals surface area contributed by atoms with Gasteiger partial charge in [0.15, 0.2) is 5.96 Å². The Morgan fingerprint density at radius 1 is 1.23 bits per heavy atom. The number of nitrogens with one attached hydrogen (secondary N) is 2. The Hall–Kier alpha value is -1.80. The fourth-order valence-corrected chi connectivity index (χ4v) is 2.69. The molecule has 2 rings (SSSR count). The average molecular weight is 372 g/mol. The molecule has 1 fully saturated rings. The van der Waals surface area contributed by atoms with E-state index in [1.165, 1.54) is 6.07 Å². The van der Waals surface area contributed by atoms with E-state index in [0.29, 0.717) is 18.1 Å². The van der Waals surface area contributed by atoms with Crippen LogP contribution in [-0.2, 0) is 17.5 Å². The first-order chi connectivity index (χ1) is 12.5. The highest BCUT2D eigenvalue weighted by Gasteiger charge is 2.30. The van der Waals surface area contributed by atoms with E-state index in [4.69, 9.17) is 4.74 Å². The summed E-state index contributed by atoms with van der Waals surface area (Å²) in [5, 5.41) is 6.35. The van der Waals surface area contributed by atoms with E-state index < -0.39 is 11.7 Å². The molecular weight excluding hydrogens is 345 g/mol. The molecule has 8 heteroatoms. The van der Waals surface area contributed by atoms with Crippen molar-refractivity contribution in [3.63, 3.8) is 0 Å². The van der Waals surface area contributed by atoms with Crippen molar-refractivity contribution < 1.29 is 17.9 Å². The lowest BCUT2D eigenvalue weighted by Crippen LogP contribution is -2.40. The minimum atomic E-state index is -4.33. The summed E-state index contributed by atoms with van der Waals surface area (Å²) in [5.41, 5.74) is -0.112. The number of ether oxygens (including phenoxy) is 1. The maximum Gasteiger partial charge on any atom is 0.416 e. The monoisotopic (exact) mass is 372 g/mol. The highest BCUT2D eigenvalue weighted by molar-refractivity contribution is 5.79. The van der Waals surface area contributed by atoms with Crippen molar-refractivity contribution in [1.29, 1.82) is 0 Å². The van der Waals surface area contributed by atoms with Crippen molar-refractivity contribution >= 4 is 5.96 Å². The molecule has 0 unspecified atom stereocenters. The third-order valence-corrected chi connectivity index (χ3v) is 4.07. The highest BCUT2D eigenvalue weighted by Crippen LogP contribution is 2.29. The predicted molar refractivity (Wildman–Crippen MR) is 96.1 cm³/mol. The van der Waals surface area contributed by atoms with Gasteiger partial charge < -0.3 is 15.4 Å². The molecule has 0 saturated carbocycles. The van der Waals surface area contributed by atoms with Crippen LogP contribution < -0.4 is 10.6 Å². The minimum absolute atomic E-state index is 0.197. The van der Waals surface area contributed by atoms with E-state index >= 15 is 0 Å². The van der Waals surface area contributed by atoms with Crippen molar-refractivity contribution in [2.45, 2.75) is 26.1 Å². The first-order valence-corrected chi connectivity index (χ1v) is 8.97. The van der Waals surface area contributed by atoms with Gasteiger partial charge in [-0.3, -0.25) is 4.90 Å². The predicted octanol–water partition coefficient (Wildman–Crippen LogP) is 2.48. The van der Waals surface area contributed by atoms with Crippen molar-refractivity contribution in [1.82, 2.24) is 15.5 Å². The summed E-state index contributed by atoms with van der Waals surface area (Å²) >= 11 is 0. The van der Waals surface area contributed by atoms with Crippen molar-refractivity contribution in [3.05, 3.63) is 35.4 Å². The quantitative estimate of drug-likeness (QED) is 0.439. The van der Waals surface area contributed by atoms with E-state index in [0.717, 1.165) is 57.9 Å². The zero-order valence-electron chi connectivity index (χ0n) is 15.1. The maximum absolute atomic E-state index is 12.8. The Morgan fingerprint density at radius 3 is 2.69 bits per heavy atom. The van der Waals surface area contributed by atoms with E-state index in [9.17, 15) is 13.2 Å². The standard InChI is InChI=1S/C18H27F3N4O/c1-2-22-17(23-7-4-8-25-9-11-26-12-10-25)24-14-15-5-3-6-16(13-15)18(19,20)21/h3,5-6,13H,2,4,7-12,14H2,1H3,(H2,22,23,24). The molecule has 1 heterocycles. The second kappa shape index (κ2) is 10.4. The summed E-state index contributed by atoms with van der Waals surface area (Å²) < 4.78 is 43.6. The number of rotatable bonds is 7. The summed E-state index contributed by atoms with van der Waals surface area (Å²) in [6.45, 7) is 8.08. The molecule has 146 valence electrons. The summed E-state index contributed by atoms with van der Waals surface area (Å²) in [4.78, 5) is 6.74. The number of nitrogens with zero attached hydrogens (tertiary/aromatic N) is 2. The van der Waals surface area contributed by atoms with Gasteiger partial charge in [-0.2, -0.15) is 13.2 Å². The largest absolute Gasteiger partial charge is 0.416 e. The van der Waals surface area contributed by atoms with Crippen LogP contribution in [-0.4, -0.2) is 56.8 Å². The molecule has 0 aliphatic carbocycles. The number of hydrogen-bond donors (Lipinski definition) is 2. The van der Waals surface area contributed by atoms with Gasteiger partial charge in [-0.25, -0.2) is 4.99 Å². The Morgan fingerprint density at radius 2 is 2.00 bits per heavy atom. The number of halogens is 3. The van der Waals surface area contributed by atoms with Crippen LogP contribution in [0.4, 0.5) is 13.2 Å². The van der Waals surface area contributed by atoms with Crippen LogP contribution in [0.3, 0.4) is 0 Å². The lowest BCUT2D eigenvalue weighted by atomic mass is 10.1. The molecule has 1 aromatic carbocycles. The van der Waals surface area contributed by atoms with Crippen molar-refractivity contribution in [2.24, 2.45) is 4.99 Å². The number of benzene rings is 1. The second-order valence-corrected chi connectivity index (χ2v) is 6.13. The Kier molecular flexibility index (Phi) is 8.18.